The number of hydrogen-bond acceptors (Lipinski definition) is 1. The van der Waals surface area contributed by atoms with Crippen molar-refractivity contribution in [3.05, 3.63) is 23.9 Å². The van der Waals surface area contributed by atoms with Crippen molar-refractivity contribution in [2.24, 2.45) is 0 Å². The monoisotopic (exact) mass is 153 g/mol. The summed E-state index contributed by atoms with van der Waals surface area (Å²) in [6.45, 7) is 7.50. The fourth-order valence-electron chi connectivity index (χ4n) is 0.874. The first-order valence-electron chi connectivity index (χ1n) is 4.23. The van der Waals surface area contributed by atoms with Crippen LogP contribution >= 0.6 is 0 Å². The van der Waals surface area contributed by atoms with Crippen LogP contribution in [0, 0.1) is 0 Å². The van der Waals surface area contributed by atoms with Gasteiger partial charge in [0, 0.05) is 19.3 Å². The summed E-state index contributed by atoms with van der Waals surface area (Å²) in [7, 11) is 2.12. The van der Waals surface area contributed by atoms with Crippen LogP contribution in [0.3, 0.4) is 0 Å². The van der Waals surface area contributed by atoms with E-state index in [1.165, 1.54) is 12.1 Å². The Morgan fingerprint density at radius 3 is 2.55 bits per heavy atom. The summed E-state index contributed by atoms with van der Waals surface area (Å²) in [5.74, 6) is 0. The maximum Gasteiger partial charge on any atom is 0.0169 e. The quantitative estimate of drug-likeness (QED) is 0.561. The van der Waals surface area contributed by atoms with Crippen molar-refractivity contribution >= 4 is 0 Å². The lowest BCUT2D eigenvalue weighted by Crippen LogP contribution is -2.16. The zero-order valence-electron chi connectivity index (χ0n) is 8.09. The molecule has 1 heteroatoms. The Morgan fingerprint density at radius 2 is 2.09 bits per heavy atom. The molecule has 0 rings (SSSR count). The van der Waals surface area contributed by atoms with E-state index in [0.717, 1.165) is 6.54 Å². The summed E-state index contributed by atoms with van der Waals surface area (Å²) in [5.41, 5.74) is 1.32. The molecule has 0 unspecified atom stereocenters. The number of rotatable bonds is 4. The number of allylic oxidation sites excluding steroid dienone is 4. The molecule has 0 saturated heterocycles. The van der Waals surface area contributed by atoms with Gasteiger partial charge in [0.1, 0.15) is 0 Å². The van der Waals surface area contributed by atoms with Gasteiger partial charge in [-0.05, 0) is 26.3 Å². The van der Waals surface area contributed by atoms with Gasteiger partial charge in [0.05, 0.1) is 0 Å². The van der Waals surface area contributed by atoms with E-state index in [1.54, 1.807) is 0 Å². The Hall–Kier alpha value is -0.720. The van der Waals surface area contributed by atoms with Gasteiger partial charge in [-0.2, -0.15) is 0 Å². The van der Waals surface area contributed by atoms with Crippen molar-refractivity contribution in [2.75, 3.05) is 13.6 Å². The third kappa shape index (κ3) is 4.65. The molecule has 0 fully saturated rings. The minimum atomic E-state index is 1.14. The van der Waals surface area contributed by atoms with Gasteiger partial charge >= 0.3 is 0 Å². The van der Waals surface area contributed by atoms with Crippen molar-refractivity contribution in [3.8, 4) is 0 Å². The second kappa shape index (κ2) is 6.02. The molecule has 0 N–H and O–H groups in total. The highest BCUT2D eigenvalue weighted by Crippen LogP contribution is 2.00. The van der Waals surface area contributed by atoms with Gasteiger partial charge in [-0.25, -0.2) is 0 Å². The molecule has 0 saturated carbocycles. The minimum Gasteiger partial charge on any atom is -0.378 e. The standard InChI is InChI=1S/C10H19N/c1-5-7-8-10(3)11(4)9-6-2/h5,7-8H,6,9H2,1-4H3/b7-5+,10-8+. The summed E-state index contributed by atoms with van der Waals surface area (Å²) < 4.78 is 0. The third-order valence-electron chi connectivity index (χ3n) is 1.69. The smallest absolute Gasteiger partial charge is 0.0169 e. The normalized spacial score (nSPS) is 12.5. The summed E-state index contributed by atoms with van der Waals surface area (Å²) >= 11 is 0. The van der Waals surface area contributed by atoms with Crippen molar-refractivity contribution in [1.82, 2.24) is 4.90 Å². The number of hydrogen-bond donors (Lipinski definition) is 0. The van der Waals surface area contributed by atoms with E-state index in [9.17, 15) is 0 Å². The predicted molar refractivity (Wildman–Crippen MR) is 51.5 cm³/mol. The largest absolute Gasteiger partial charge is 0.378 e. The molecule has 0 aliphatic heterocycles. The molecule has 64 valence electrons. The van der Waals surface area contributed by atoms with Gasteiger partial charge in [0.25, 0.3) is 0 Å². The molecule has 0 spiro atoms. The Bertz CT molecular complexity index is 145. The second-order valence-electron chi connectivity index (χ2n) is 2.76. The van der Waals surface area contributed by atoms with Crippen molar-refractivity contribution < 1.29 is 0 Å². The summed E-state index contributed by atoms with van der Waals surface area (Å²) in [6, 6.07) is 0. The van der Waals surface area contributed by atoms with Crippen LogP contribution in [0.15, 0.2) is 23.9 Å². The van der Waals surface area contributed by atoms with Gasteiger partial charge in [-0.3, -0.25) is 0 Å². The van der Waals surface area contributed by atoms with Crippen LogP contribution in [0.4, 0.5) is 0 Å². The molecule has 0 heterocycles. The van der Waals surface area contributed by atoms with Gasteiger partial charge in [0.2, 0.25) is 0 Å². The molecule has 0 amide bonds. The minimum absolute atomic E-state index is 1.14. The Kier molecular flexibility index (Phi) is 5.63. The highest BCUT2D eigenvalue weighted by molar-refractivity contribution is 5.08. The van der Waals surface area contributed by atoms with Gasteiger partial charge in [-0.15, -0.1) is 0 Å². The molecule has 0 aromatic heterocycles. The molecule has 0 atom stereocenters. The Labute approximate surface area is 70.4 Å². The van der Waals surface area contributed by atoms with Crippen molar-refractivity contribution in [2.45, 2.75) is 27.2 Å². The number of nitrogens with zero attached hydrogens (tertiary/aromatic N) is 1. The Balaban J connectivity index is 3.89. The average Bonchev–Trinajstić information content (AvgIpc) is 2.00. The summed E-state index contributed by atoms with van der Waals surface area (Å²) in [5, 5.41) is 0. The van der Waals surface area contributed by atoms with E-state index in [0.29, 0.717) is 0 Å². The van der Waals surface area contributed by atoms with E-state index in [-0.39, 0.29) is 0 Å². The lowest BCUT2D eigenvalue weighted by molar-refractivity contribution is 0.418. The zero-order valence-corrected chi connectivity index (χ0v) is 8.09. The first kappa shape index (κ1) is 10.3. The molecular formula is C10H19N. The molecular weight excluding hydrogens is 134 g/mol. The molecule has 0 aromatic carbocycles. The van der Waals surface area contributed by atoms with Crippen LogP contribution < -0.4 is 0 Å². The van der Waals surface area contributed by atoms with Crippen LogP contribution in [-0.2, 0) is 0 Å². The average molecular weight is 153 g/mol. The maximum atomic E-state index is 2.26. The van der Waals surface area contributed by atoms with Crippen molar-refractivity contribution in [1.29, 1.82) is 0 Å². The first-order valence-corrected chi connectivity index (χ1v) is 4.23. The fraction of sp³-hybridized carbons (Fsp3) is 0.600. The fourth-order valence-corrected chi connectivity index (χ4v) is 0.874. The second-order valence-corrected chi connectivity index (χ2v) is 2.76. The third-order valence-corrected chi connectivity index (χ3v) is 1.69. The molecule has 11 heavy (non-hydrogen) atoms. The summed E-state index contributed by atoms with van der Waals surface area (Å²) in [6.07, 6.45) is 7.46. The molecule has 0 aromatic rings. The van der Waals surface area contributed by atoms with Crippen LogP contribution in [0.25, 0.3) is 0 Å². The van der Waals surface area contributed by atoms with E-state index in [4.69, 9.17) is 0 Å². The van der Waals surface area contributed by atoms with E-state index < -0.39 is 0 Å². The van der Waals surface area contributed by atoms with Crippen LogP contribution in [0.5, 0.6) is 0 Å². The van der Waals surface area contributed by atoms with Gasteiger partial charge in [0.15, 0.2) is 0 Å². The van der Waals surface area contributed by atoms with Gasteiger partial charge in [-0.1, -0.05) is 19.1 Å². The van der Waals surface area contributed by atoms with E-state index in [1.807, 2.05) is 13.0 Å². The lowest BCUT2D eigenvalue weighted by Gasteiger charge is -2.18. The maximum absolute atomic E-state index is 2.26. The zero-order chi connectivity index (χ0) is 8.69. The van der Waals surface area contributed by atoms with Crippen LogP contribution in [0.2, 0.25) is 0 Å². The van der Waals surface area contributed by atoms with Crippen LogP contribution in [0.1, 0.15) is 27.2 Å². The van der Waals surface area contributed by atoms with Crippen molar-refractivity contribution in [3.63, 3.8) is 0 Å². The predicted octanol–water partition coefficient (Wildman–Crippen LogP) is 2.81. The molecule has 0 bridgehead atoms. The molecule has 1 nitrogen and oxygen atoms in total. The Morgan fingerprint density at radius 1 is 1.45 bits per heavy atom. The highest BCUT2D eigenvalue weighted by Gasteiger charge is 1.93. The van der Waals surface area contributed by atoms with E-state index >= 15 is 0 Å². The highest BCUT2D eigenvalue weighted by atomic mass is 15.1. The van der Waals surface area contributed by atoms with E-state index in [2.05, 4.69) is 37.9 Å². The lowest BCUT2D eigenvalue weighted by atomic mass is 10.3. The topological polar surface area (TPSA) is 3.24 Å². The van der Waals surface area contributed by atoms with Gasteiger partial charge < -0.3 is 4.90 Å². The molecule has 0 aliphatic rings. The first-order chi connectivity index (χ1) is 5.22. The molecule has 0 radical (unpaired) electrons. The molecule has 0 aliphatic carbocycles. The van der Waals surface area contributed by atoms with Crippen LogP contribution in [-0.4, -0.2) is 18.5 Å². The SMILES string of the molecule is C/C=C/C=C(\C)N(C)CCC. The summed E-state index contributed by atoms with van der Waals surface area (Å²) in [4.78, 5) is 2.26.